The molecule has 0 aliphatic heterocycles. The first kappa shape index (κ1) is 14.9. The Morgan fingerprint density at radius 2 is 2.12 bits per heavy atom. The summed E-state index contributed by atoms with van der Waals surface area (Å²) in [5, 5.41) is 12.9. The molecule has 0 aromatic carbocycles. The highest BCUT2D eigenvalue weighted by Gasteiger charge is 2.28. The van der Waals surface area contributed by atoms with Crippen molar-refractivity contribution in [2.45, 2.75) is 31.9 Å². The van der Waals surface area contributed by atoms with Crippen LogP contribution in [0.2, 0.25) is 0 Å². The molecule has 0 aromatic heterocycles. The third kappa shape index (κ3) is 4.63. The van der Waals surface area contributed by atoms with E-state index < -0.39 is 23.9 Å². The molecule has 2 N–H and O–H groups in total. The van der Waals surface area contributed by atoms with Gasteiger partial charge in [-0.3, -0.25) is 14.4 Å². The Morgan fingerprint density at radius 1 is 1.56 bits per heavy atom. The molecule has 0 saturated carbocycles. The van der Waals surface area contributed by atoms with Crippen molar-refractivity contribution >= 4 is 19.6 Å². The Kier molecular flexibility index (Phi) is 6.75. The maximum atomic E-state index is 11.5. The van der Waals surface area contributed by atoms with Gasteiger partial charge in [0.2, 0.25) is 7.85 Å². The Bertz CT molecular complexity index is 250. The van der Waals surface area contributed by atoms with Crippen LogP contribution in [-0.2, 0) is 9.63 Å². The van der Waals surface area contributed by atoms with Crippen LogP contribution in [0.1, 0.15) is 19.8 Å². The molecule has 0 heterocycles. The Labute approximate surface area is 96.3 Å². The summed E-state index contributed by atoms with van der Waals surface area (Å²) in [5.41, 5.74) is 0. The van der Waals surface area contributed by atoms with E-state index in [0.717, 1.165) is 5.06 Å². The van der Waals surface area contributed by atoms with Gasteiger partial charge in [-0.1, -0.05) is 13.3 Å². The summed E-state index contributed by atoms with van der Waals surface area (Å²) in [6.45, 7) is 1.87. The quantitative estimate of drug-likeness (QED) is 0.470. The lowest BCUT2D eigenvalue weighted by molar-refractivity contribution is -0.179. The van der Waals surface area contributed by atoms with Gasteiger partial charge in [-0.05, 0) is 6.42 Å². The van der Waals surface area contributed by atoms with Gasteiger partial charge < -0.3 is 10.4 Å². The van der Waals surface area contributed by atoms with E-state index in [9.17, 15) is 14.7 Å². The fraction of sp³-hybridized carbons (Fsp3) is 0.778. The highest BCUT2D eigenvalue weighted by atomic mass is 16.7. The van der Waals surface area contributed by atoms with Crippen LogP contribution in [-0.4, -0.2) is 56.0 Å². The third-order valence-corrected chi connectivity index (χ3v) is 2.15. The molecule has 0 aromatic rings. The van der Waals surface area contributed by atoms with Gasteiger partial charge in [0.1, 0.15) is 0 Å². The number of likely N-dealkylation sites (N-methyl/N-ethyl adjacent to an activating group) is 1. The normalized spacial score (nSPS) is 14.0. The number of carbonyl (C=O) groups excluding carboxylic acids is 2. The van der Waals surface area contributed by atoms with Crippen LogP contribution in [0.25, 0.3) is 0 Å². The fourth-order valence-electron chi connectivity index (χ4n) is 1.25. The molecular formula is C9H17BN2O4. The molecule has 2 amide bonds. The van der Waals surface area contributed by atoms with Crippen LogP contribution >= 0.6 is 0 Å². The van der Waals surface area contributed by atoms with Crippen molar-refractivity contribution in [3.63, 3.8) is 0 Å². The molecule has 0 rings (SSSR count). The molecule has 7 heteroatoms. The largest absolute Gasteiger partial charge is 0.381 e. The van der Waals surface area contributed by atoms with Crippen molar-refractivity contribution in [1.29, 1.82) is 0 Å². The average Bonchev–Trinajstić information content (AvgIpc) is 2.24. The summed E-state index contributed by atoms with van der Waals surface area (Å²) in [6.07, 6.45) is -0.211. The molecule has 16 heavy (non-hydrogen) atoms. The predicted molar refractivity (Wildman–Crippen MR) is 58.8 cm³/mol. The second kappa shape index (κ2) is 7.24. The number of carbonyl (C=O) groups is 2. The Hall–Kier alpha value is -1.08. The number of hydroxylamine groups is 2. The van der Waals surface area contributed by atoms with E-state index in [1.54, 1.807) is 0 Å². The molecule has 2 atom stereocenters. The van der Waals surface area contributed by atoms with E-state index in [0.29, 0.717) is 12.8 Å². The maximum absolute atomic E-state index is 11.5. The monoisotopic (exact) mass is 228 g/mol. The molecule has 0 spiro atoms. The van der Waals surface area contributed by atoms with E-state index in [1.165, 1.54) is 14.2 Å². The number of aliphatic hydroxyl groups is 1. The van der Waals surface area contributed by atoms with Crippen LogP contribution in [0.5, 0.6) is 0 Å². The molecule has 2 unspecified atom stereocenters. The second-order valence-electron chi connectivity index (χ2n) is 3.37. The highest BCUT2D eigenvalue weighted by molar-refractivity contribution is 6.57. The first-order chi connectivity index (χ1) is 7.43. The molecule has 0 aliphatic rings. The summed E-state index contributed by atoms with van der Waals surface area (Å²) < 4.78 is 0. The molecular weight excluding hydrogens is 211 g/mol. The summed E-state index contributed by atoms with van der Waals surface area (Å²) in [6, 6.07) is -0.701. The van der Waals surface area contributed by atoms with Gasteiger partial charge >= 0.3 is 0 Å². The topological polar surface area (TPSA) is 78.9 Å². The van der Waals surface area contributed by atoms with Gasteiger partial charge in [-0.15, -0.1) is 0 Å². The zero-order valence-corrected chi connectivity index (χ0v) is 9.77. The second-order valence-corrected chi connectivity index (χ2v) is 3.37. The minimum Gasteiger partial charge on any atom is -0.381 e. The van der Waals surface area contributed by atoms with Gasteiger partial charge in [0.15, 0.2) is 11.9 Å². The Morgan fingerprint density at radius 3 is 2.50 bits per heavy atom. The first-order valence-electron chi connectivity index (χ1n) is 4.99. The summed E-state index contributed by atoms with van der Waals surface area (Å²) in [7, 11) is 7.63. The summed E-state index contributed by atoms with van der Waals surface area (Å²) in [4.78, 5) is 26.9. The number of rotatable bonds is 6. The molecule has 90 valence electrons. The Balaban J connectivity index is 4.52. The van der Waals surface area contributed by atoms with Gasteiger partial charge in [-0.25, -0.2) is 5.06 Å². The fourth-order valence-corrected chi connectivity index (χ4v) is 1.25. The molecule has 0 saturated heterocycles. The van der Waals surface area contributed by atoms with Crippen molar-refractivity contribution in [2.24, 2.45) is 0 Å². The zero-order chi connectivity index (χ0) is 12.7. The van der Waals surface area contributed by atoms with E-state index in [1.807, 2.05) is 6.92 Å². The maximum Gasteiger partial charge on any atom is 0.276 e. The number of nitrogens with zero attached hydrogens (tertiary/aromatic N) is 1. The molecule has 6 nitrogen and oxygen atoms in total. The van der Waals surface area contributed by atoms with E-state index in [4.69, 9.17) is 7.85 Å². The highest BCUT2D eigenvalue weighted by Crippen LogP contribution is 2.05. The summed E-state index contributed by atoms with van der Waals surface area (Å²) >= 11 is 0. The SMILES string of the molecule is [B]C(=O)NC(CCC)C(O)C(=O)N(C)OC. The van der Waals surface area contributed by atoms with Gasteiger partial charge in [0, 0.05) is 7.05 Å². The molecule has 0 fully saturated rings. The van der Waals surface area contributed by atoms with Gasteiger partial charge in [0.25, 0.3) is 5.91 Å². The molecule has 2 radical (unpaired) electrons. The number of aliphatic hydroxyl groups excluding tert-OH is 1. The standard InChI is InChI=1S/C9H17BN2O4/c1-4-5-6(11-9(10)15)7(13)8(14)12(2)16-3/h6-7,13H,4-5H2,1-3H3,(H,11,15). The number of hydrogen-bond acceptors (Lipinski definition) is 4. The minimum atomic E-state index is -1.36. The predicted octanol–water partition coefficient (Wildman–Crippen LogP) is -0.586. The lowest BCUT2D eigenvalue weighted by Crippen LogP contribution is -2.50. The van der Waals surface area contributed by atoms with Crippen molar-refractivity contribution in [1.82, 2.24) is 10.4 Å². The van der Waals surface area contributed by atoms with Crippen LogP contribution in [0.4, 0.5) is 4.79 Å². The average molecular weight is 228 g/mol. The van der Waals surface area contributed by atoms with Crippen LogP contribution < -0.4 is 5.32 Å². The number of nitrogens with one attached hydrogen (secondary N) is 1. The van der Waals surface area contributed by atoms with Crippen molar-refractivity contribution < 1.29 is 19.5 Å². The van der Waals surface area contributed by atoms with E-state index in [2.05, 4.69) is 10.2 Å². The third-order valence-electron chi connectivity index (χ3n) is 2.15. The van der Waals surface area contributed by atoms with Crippen molar-refractivity contribution in [3.05, 3.63) is 0 Å². The van der Waals surface area contributed by atoms with E-state index in [-0.39, 0.29) is 0 Å². The van der Waals surface area contributed by atoms with Crippen molar-refractivity contribution in [3.8, 4) is 0 Å². The lowest BCUT2D eigenvalue weighted by Gasteiger charge is -2.25. The molecule has 0 bridgehead atoms. The van der Waals surface area contributed by atoms with Crippen molar-refractivity contribution in [2.75, 3.05) is 14.2 Å². The number of hydrogen-bond donors (Lipinski definition) is 2. The van der Waals surface area contributed by atoms with Crippen LogP contribution in [0, 0.1) is 0 Å². The van der Waals surface area contributed by atoms with Crippen LogP contribution in [0.3, 0.4) is 0 Å². The lowest BCUT2D eigenvalue weighted by atomic mass is 10.0. The smallest absolute Gasteiger partial charge is 0.276 e. The van der Waals surface area contributed by atoms with Crippen LogP contribution in [0.15, 0.2) is 0 Å². The minimum absolute atomic E-state index is 0.452. The molecule has 0 aliphatic carbocycles. The number of amides is 2. The first-order valence-corrected chi connectivity index (χ1v) is 4.99. The zero-order valence-electron chi connectivity index (χ0n) is 9.77. The summed E-state index contributed by atoms with van der Waals surface area (Å²) in [5.74, 6) is -1.40. The van der Waals surface area contributed by atoms with Gasteiger partial charge in [0.05, 0.1) is 13.2 Å². The van der Waals surface area contributed by atoms with E-state index >= 15 is 0 Å². The van der Waals surface area contributed by atoms with Gasteiger partial charge in [-0.2, -0.15) is 0 Å².